The average molecular weight is 366 g/mol. The molecule has 1 heterocycles. The molecule has 4 amide bonds. The summed E-state index contributed by atoms with van der Waals surface area (Å²) in [5.74, 6) is -0.328. The SMILES string of the molecule is CC[C@@H]1CCc2sc(C(=O)NNC(=O)[C@@H](NC(N)=O)C(C)C)cc2C1. The topological polar surface area (TPSA) is 113 Å². The Morgan fingerprint density at radius 2 is 2.04 bits per heavy atom. The van der Waals surface area contributed by atoms with Crippen molar-refractivity contribution in [2.45, 2.75) is 52.5 Å². The molecule has 138 valence electrons. The molecule has 1 aromatic heterocycles. The van der Waals surface area contributed by atoms with Gasteiger partial charge in [-0.1, -0.05) is 27.2 Å². The van der Waals surface area contributed by atoms with Gasteiger partial charge in [-0.05, 0) is 42.7 Å². The maximum atomic E-state index is 12.3. The number of hydrazine groups is 1. The first-order valence-electron chi connectivity index (χ1n) is 8.59. The first-order chi connectivity index (χ1) is 11.8. The van der Waals surface area contributed by atoms with E-state index in [1.54, 1.807) is 13.8 Å². The minimum atomic E-state index is -0.806. The van der Waals surface area contributed by atoms with E-state index in [1.807, 2.05) is 6.07 Å². The summed E-state index contributed by atoms with van der Waals surface area (Å²) in [5, 5.41) is 2.37. The number of carbonyl (C=O) groups excluding carboxylic acids is 3. The smallest absolute Gasteiger partial charge is 0.312 e. The van der Waals surface area contributed by atoms with Crippen LogP contribution in [0.3, 0.4) is 0 Å². The second kappa shape index (κ2) is 8.33. The third kappa shape index (κ3) is 4.94. The van der Waals surface area contributed by atoms with E-state index < -0.39 is 18.0 Å². The van der Waals surface area contributed by atoms with Crippen molar-refractivity contribution in [2.75, 3.05) is 0 Å². The van der Waals surface area contributed by atoms with Gasteiger partial charge in [-0.3, -0.25) is 20.4 Å². The molecule has 2 rings (SSSR count). The van der Waals surface area contributed by atoms with Gasteiger partial charge in [0.25, 0.3) is 11.8 Å². The molecule has 0 saturated heterocycles. The highest BCUT2D eigenvalue weighted by atomic mass is 32.1. The highest BCUT2D eigenvalue weighted by Gasteiger charge is 2.25. The molecule has 0 bridgehead atoms. The van der Waals surface area contributed by atoms with Crippen molar-refractivity contribution >= 4 is 29.2 Å². The van der Waals surface area contributed by atoms with Crippen molar-refractivity contribution in [3.63, 3.8) is 0 Å². The molecule has 7 nitrogen and oxygen atoms in total. The lowest BCUT2D eigenvalue weighted by Crippen LogP contribution is -2.55. The number of nitrogens with one attached hydrogen (secondary N) is 3. The van der Waals surface area contributed by atoms with Crippen LogP contribution in [0.2, 0.25) is 0 Å². The molecule has 0 saturated carbocycles. The van der Waals surface area contributed by atoms with E-state index in [4.69, 9.17) is 5.73 Å². The Bertz CT molecular complexity index is 656. The van der Waals surface area contributed by atoms with Crippen LogP contribution in [0.5, 0.6) is 0 Å². The number of primary amides is 1. The van der Waals surface area contributed by atoms with Crippen LogP contribution in [0.15, 0.2) is 6.07 Å². The van der Waals surface area contributed by atoms with Crippen LogP contribution < -0.4 is 21.9 Å². The minimum Gasteiger partial charge on any atom is -0.352 e. The number of carbonyl (C=O) groups is 3. The molecule has 0 aromatic carbocycles. The van der Waals surface area contributed by atoms with Crippen LogP contribution in [0.4, 0.5) is 4.79 Å². The molecule has 8 heteroatoms. The van der Waals surface area contributed by atoms with Gasteiger partial charge in [-0.25, -0.2) is 4.79 Å². The lowest BCUT2D eigenvalue weighted by atomic mass is 9.87. The summed E-state index contributed by atoms with van der Waals surface area (Å²) >= 11 is 1.48. The van der Waals surface area contributed by atoms with E-state index in [-0.39, 0.29) is 11.8 Å². The lowest BCUT2D eigenvalue weighted by Gasteiger charge is -2.20. The van der Waals surface area contributed by atoms with Crippen LogP contribution >= 0.6 is 11.3 Å². The highest BCUT2D eigenvalue weighted by molar-refractivity contribution is 7.14. The normalized spacial score (nSPS) is 17.5. The van der Waals surface area contributed by atoms with E-state index in [2.05, 4.69) is 23.1 Å². The zero-order valence-corrected chi connectivity index (χ0v) is 15.7. The lowest BCUT2D eigenvalue weighted by molar-refractivity contribution is -0.124. The summed E-state index contributed by atoms with van der Waals surface area (Å²) in [6.45, 7) is 5.75. The van der Waals surface area contributed by atoms with E-state index in [1.165, 1.54) is 21.8 Å². The number of nitrogens with two attached hydrogens (primary N) is 1. The Morgan fingerprint density at radius 3 is 2.64 bits per heavy atom. The Balaban J connectivity index is 1.95. The van der Waals surface area contributed by atoms with E-state index in [9.17, 15) is 14.4 Å². The van der Waals surface area contributed by atoms with Gasteiger partial charge >= 0.3 is 6.03 Å². The van der Waals surface area contributed by atoms with Crippen LogP contribution in [0.1, 0.15) is 53.7 Å². The molecule has 0 aliphatic heterocycles. The molecule has 1 aliphatic rings. The summed E-state index contributed by atoms with van der Waals surface area (Å²) in [7, 11) is 0. The number of fused-ring (bicyclic) bond motifs is 1. The number of thiophene rings is 1. The molecule has 0 unspecified atom stereocenters. The number of hydrogen-bond acceptors (Lipinski definition) is 4. The standard InChI is InChI=1S/C17H26N4O3S/c1-4-10-5-6-12-11(7-10)8-13(25-12)15(22)20-21-16(23)14(9(2)3)19-17(18)24/h8-10,14H,4-7H2,1-3H3,(H,20,22)(H,21,23)(H3,18,19,24)/t10-,14+/m1/s1. The van der Waals surface area contributed by atoms with E-state index in [0.717, 1.165) is 25.7 Å². The fraction of sp³-hybridized carbons (Fsp3) is 0.588. The molecular weight excluding hydrogens is 340 g/mol. The number of urea groups is 1. The molecule has 1 aromatic rings. The molecule has 0 spiro atoms. The van der Waals surface area contributed by atoms with Gasteiger partial charge in [0.15, 0.2) is 0 Å². The van der Waals surface area contributed by atoms with Crippen molar-refractivity contribution in [2.24, 2.45) is 17.6 Å². The molecule has 0 radical (unpaired) electrons. The summed E-state index contributed by atoms with van der Waals surface area (Å²) < 4.78 is 0. The fourth-order valence-corrected chi connectivity index (χ4v) is 4.11. The highest BCUT2D eigenvalue weighted by Crippen LogP contribution is 2.33. The first kappa shape index (κ1) is 19.2. The van der Waals surface area contributed by atoms with Gasteiger partial charge in [0.2, 0.25) is 0 Å². The predicted molar refractivity (Wildman–Crippen MR) is 97.1 cm³/mol. The van der Waals surface area contributed by atoms with Crippen molar-refractivity contribution in [3.8, 4) is 0 Å². The largest absolute Gasteiger partial charge is 0.352 e. The van der Waals surface area contributed by atoms with Gasteiger partial charge in [0.05, 0.1) is 4.88 Å². The van der Waals surface area contributed by atoms with Crippen molar-refractivity contribution < 1.29 is 14.4 Å². The maximum Gasteiger partial charge on any atom is 0.312 e. The van der Waals surface area contributed by atoms with Gasteiger partial charge in [0, 0.05) is 4.88 Å². The summed E-state index contributed by atoms with van der Waals surface area (Å²) in [4.78, 5) is 37.3. The quantitative estimate of drug-likeness (QED) is 0.595. The van der Waals surface area contributed by atoms with E-state index in [0.29, 0.717) is 10.8 Å². The Labute approximate surface area is 151 Å². The van der Waals surface area contributed by atoms with Crippen LogP contribution in [-0.4, -0.2) is 23.9 Å². The summed E-state index contributed by atoms with van der Waals surface area (Å²) in [6, 6.07) is 0.335. The van der Waals surface area contributed by atoms with Crippen LogP contribution in [0.25, 0.3) is 0 Å². The minimum absolute atomic E-state index is 0.163. The van der Waals surface area contributed by atoms with Gasteiger partial charge in [-0.2, -0.15) is 0 Å². The predicted octanol–water partition coefficient (Wildman–Crippen LogP) is 1.72. The van der Waals surface area contributed by atoms with Crippen molar-refractivity contribution in [1.29, 1.82) is 0 Å². The fourth-order valence-electron chi connectivity index (χ4n) is 3.01. The van der Waals surface area contributed by atoms with Crippen molar-refractivity contribution in [3.05, 3.63) is 21.4 Å². The van der Waals surface area contributed by atoms with Gasteiger partial charge in [0.1, 0.15) is 6.04 Å². The molecule has 25 heavy (non-hydrogen) atoms. The van der Waals surface area contributed by atoms with Crippen LogP contribution in [-0.2, 0) is 17.6 Å². The molecular formula is C17H26N4O3S. The second-order valence-corrected chi connectivity index (χ2v) is 7.89. The maximum absolute atomic E-state index is 12.3. The molecule has 2 atom stereocenters. The summed E-state index contributed by atoms with van der Waals surface area (Å²) in [6.07, 6.45) is 4.34. The summed E-state index contributed by atoms with van der Waals surface area (Å²) in [5.41, 5.74) is 11.1. The Hall–Kier alpha value is -2.09. The number of rotatable bonds is 5. The molecule has 1 aliphatic carbocycles. The van der Waals surface area contributed by atoms with Gasteiger partial charge < -0.3 is 11.1 Å². The third-order valence-corrected chi connectivity index (χ3v) is 5.77. The number of hydrogen-bond donors (Lipinski definition) is 4. The molecule has 5 N–H and O–H groups in total. The number of aryl methyl sites for hydroxylation is 1. The second-order valence-electron chi connectivity index (χ2n) is 6.75. The Morgan fingerprint density at radius 1 is 1.32 bits per heavy atom. The first-order valence-corrected chi connectivity index (χ1v) is 9.41. The van der Waals surface area contributed by atoms with Crippen molar-refractivity contribution in [1.82, 2.24) is 16.2 Å². The zero-order valence-electron chi connectivity index (χ0n) is 14.8. The van der Waals surface area contributed by atoms with E-state index >= 15 is 0 Å². The Kier molecular flexibility index (Phi) is 6.41. The molecule has 0 fully saturated rings. The van der Waals surface area contributed by atoms with Crippen LogP contribution in [0, 0.1) is 11.8 Å². The monoisotopic (exact) mass is 366 g/mol. The number of amides is 4. The van der Waals surface area contributed by atoms with Gasteiger partial charge in [-0.15, -0.1) is 11.3 Å². The third-order valence-electron chi connectivity index (χ3n) is 4.53. The zero-order chi connectivity index (χ0) is 18.6. The average Bonchev–Trinajstić information content (AvgIpc) is 2.99.